The number of benzene rings is 1. The second-order valence-electron chi connectivity index (χ2n) is 4.63. The molecule has 1 rings (SSSR count). The van der Waals surface area contributed by atoms with Crippen molar-refractivity contribution in [1.29, 1.82) is 0 Å². The highest BCUT2D eigenvalue weighted by atomic mass is 16.5. The van der Waals surface area contributed by atoms with E-state index >= 15 is 0 Å². The summed E-state index contributed by atoms with van der Waals surface area (Å²) in [4.78, 5) is 0. The lowest BCUT2D eigenvalue weighted by Gasteiger charge is -2.19. The number of hydrogen-bond donors (Lipinski definition) is 1. The summed E-state index contributed by atoms with van der Waals surface area (Å²) in [6, 6.07) is 8.28. The number of nitrogens with one attached hydrogen (secondary N) is 1. The fraction of sp³-hybridized carbons (Fsp3) is 0.625. The van der Waals surface area contributed by atoms with Crippen LogP contribution in [0.3, 0.4) is 0 Å². The molecule has 0 spiro atoms. The van der Waals surface area contributed by atoms with Crippen molar-refractivity contribution in [3.8, 4) is 11.5 Å². The number of hydrogen-bond acceptors (Lipinski definition) is 3. The third-order valence-corrected chi connectivity index (χ3v) is 2.91. The molecule has 0 aliphatic heterocycles. The molecule has 1 atom stereocenters. The van der Waals surface area contributed by atoms with Crippen molar-refractivity contribution < 1.29 is 9.47 Å². The highest BCUT2D eigenvalue weighted by molar-refractivity contribution is 5.39. The Kier molecular flexibility index (Phi) is 8.07. The van der Waals surface area contributed by atoms with E-state index in [1.54, 1.807) is 0 Å². The minimum Gasteiger partial charge on any atom is -0.490 e. The highest BCUT2D eigenvalue weighted by Gasteiger charge is 2.09. The van der Waals surface area contributed by atoms with E-state index in [1.165, 1.54) is 0 Å². The van der Waals surface area contributed by atoms with Crippen molar-refractivity contribution in [2.45, 2.75) is 46.1 Å². The van der Waals surface area contributed by atoms with E-state index in [9.17, 15) is 0 Å². The van der Waals surface area contributed by atoms with Gasteiger partial charge in [0.05, 0.1) is 6.61 Å². The van der Waals surface area contributed by atoms with Crippen LogP contribution in [0.15, 0.2) is 24.3 Å². The first kappa shape index (κ1) is 15.8. The van der Waals surface area contributed by atoms with Crippen LogP contribution in [0.5, 0.6) is 11.5 Å². The first-order chi connectivity index (χ1) is 9.31. The molecule has 0 heterocycles. The van der Waals surface area contributed by atoms with Crippen LogP contribution < -0.4 is 14.8 Å². The summed E-state index contributed by atoms with van der Waals surface area (Å²) in [5, 5.41) is 3.53. The average Bonchev–Trinajstić information content (AvgIpc) is 2.43. The van der Waals surface area contributed by atoms with Gasteiger partial charge in [-0.3, -0.25) is 0 Å². The topological polar surface area (TPSA) is 30.5 Å². The summed E-state index contributed by atoms with van der Waals surface area (Å²) in [6.45, 7) is 8.77. The van der Waals surface area contributed by atoms with Gasteiger partial charge in [-0.15, -0.1) is 0 Å². The number of rotatable bonds is 10. The predicted molar refractivity (Wildman–Crippen MR) is 80.1 cm³/mol. The van der Waals surface area contributed by atoms with E-state index in [2.05, 4.69) is 19.2 Å². The second kappa shape index (κ2) is 9.68. The van der Waals surface area contributed by atoms with Crippen molar-refractivity contribution in [1.82, 2.24) is 5.32 Å². The molecule has 0 saturated heterocycles. The van der Waals surface area contributed by atoms with Gasteiger partial charge < -0.3 is 14.8 Å². The quantitative estimate of drug-likeness (QED) is 0.700. The molecule has 1 aromatic rings. The fourth-order valence-electron chi connectivity index (χ4n) is 1.98. The summed E-state index contributed by atoms with van der Waals surface area (Å²) in [6.07, 6.45) is 3.45. The molecule has 108 valence electrons. The number of ether oxygens (including phenoxy) is 2. The van der Waals surface area contributed by atoms with Crippen molar-refractivity contribution >= 4 is 0 Å². The standard InChI is InChI=1S/C16H27NO2/c1-4-9-14(17-12-5-2)13-19-16-11-8-7-10-15(16)18-6-3/h7-8,10-11,14,17H,4-6,9,12-13H2,1-3H3. The highest BCUT2D eigenvalue weighted by Crippen LogP contribution is 2.26. The molecule has 0 bridgehead atoms. The molecule has 0 radical (unpaired) electrons. The van der Waals surface area contributed by atoms with Gasteiger partial charge in [0.15, 0.2) is 11.5 Å². The molecule has 1 N–H and O–H groups in total. The largest absolute Gasteiger partial charge is 0.490 e. The lowest BCUT2D eigenvalue weighted by molar-refractivity contribution is 0.238. The Labute approximate surface area is 117 Å². The van der Waals surface area contributed by atoms with E-state index in [4.69, 9.17) is 9.47 Å². The molecule has 0 aromatic heterocycles. The lowest BCUT2D eigenvalue weighted by Crippen LogP contribution is -2.35. The van der Waals surface area contributed by atoms with Crippen LogP contribution in [0.2, 0.25) is 0 Å². The van der Waals surface area contributed by atoms with E-state index in [0.717, 1.165) is 37.3 Å². The fourth-order valence-corrected chi connectivity index (χ4v) is 1.98. The smallest absolute Gasteiger partial charge is 0.161 e. The Morgan fingerprint density at radius 2 is 1.68 bits per heavy atom. The van der Waals surface area contributed by atoms with Gasteiger partial charge in [0.1, 0.15) is 6.61 Å². The average molecular weight is 265 g/mol. The van der Waals surface area contributed by atoms with Gasteiger partial charge in [-0.05, 0) is 38.4 Å². The first-order valence-electron chi connectivity index (χ1n) is 7.39. The van der Waals surface area contributed by atoms with Gasteiger partial charge in [0.2, 0.25) is 0 Å². The van der Waals surface area contributed by atoms with Gasteiger partial charge in [-0.2, -0.15) is 0 Å². The zero-order chi connectivity index (χ0) is 13.9. The van der Waals surface area contributed by atoms with Crippen molar-refractivity contribution in [2.24, 2.45) is 0 Å². The Morgan fingerprint density at radius 3 is 2.26 bits per heavy atom. The Hall–Kier alpha value is -1.22. The Balaban J connectivity index is 2.52. The third kappa shape index (κ3) is 5.97. The van der Waals surface area contributed by atoms with Crippen molar-refractivity contribution in [3.63, 3.8) is 0 Å². The zero-order valence-electron chi connectivity index (χ0n) is 12.4. The molecule has 3 heteroatoms. The molecule has 0 saturated carbocycles. The minimum atomic E-state index is 0.416. The Bertz CT molecular complexity index is 341. The summed E-state index contributed by atoms with van der Waals surface area (Å²) in [5.41, 5.74) is 0. The second-order valence-corrected chi connectivity index (χ2v) is 4.63. The van der Waals surface area contributed by atoms with E-state index in [0.29, 0.717) is 19.3 Å². The van der Waals surface area contributed by atoms with E-state index in [1.807, 2.05) is 31.2 Å². The maximum Gasteiger partial charge on any atom is 0.161 e. The van der Waals surface area contributed by atoms with Crippen LogP contribution >= 0.6 is 0 Å². The summed E-state index contributed by atoms with van der Waals surface area (Å²) in [5.74, 6) is 1.67. The maximum atomic E-state index is 5.91. The molecule has 0 aliphatic carbocycles. The number of para-hydroxylation sites is 2. The molecule has 3 nitrogen and oxygen atoms in total. The van der Waals surface area contributed by atoms with Crippen LogP contribution in [0.25, 0.3) is 0 Å². The predicted octanol–water partition coefficient (Wildman–Crippen LogP) is 3.63. The summed E-state index contributed by atoms with van der Waals surface area (Å²) in [7, 11) is 0. The van der Waals surface area contributed by atoms with Crippen molar-refractivity contribution in [3.05, 3.63) is 24.3 Å². The van der Waals surface area contributed by atoms with E-state index in [-0.39, 0.29) is 0 Å². The summed E-state index contributed by atoms with van der Waals surface area (Å²) < 4.78 is 11.5. The molecule has 0 amide bonds. The normalized spacial score (nSPS) is 12.2. The SMILES string of the molecule is CCCNC(CCC)COc1ccccc1OCC. The Morgan fingerprint density at radius 1 is 1.00 bits per heavy atom. The van der Waals surface area contributed by atoms with Crippen molar-refractivity contribution in [2.75, 3.05) is 19.8 Å². The van der Waals surface area contributed by atoms with Gasteiger partial charge in [0.25, 0.3) is 0 Å². The zero-order valence-corrected chi connectivity index (χ0v) is 12.4. The van der Waals surface area contributed by atoms with E-state index < -0.39 is 0 Å². The van der Waals surface area contributed by atoms with Gasteiger partial charge in [-0.1, -0.05) is 32.4 Å². The van der Waals surface area contributed by atoms with Gasteiger partial charge in [0, 0.05) is 6.04 Å². The monoisotopic (exact) mass is 265 g/mol. The molecule has 19 heavy (non-hydrogen) atoms. The molecule has 0 aliphatic rings. The van der Waals surface area contributed by atoms with Crippen LogP contribution in [-0.2, 0) is 0 Å². The van der Waals surface area contributed by atoms with Crippen LogP contribution in [-0.4, -0.2) is 25.8 Å². The van der Waals surface area contributed by atoms with Crippen LogP contribution in [0, 0.1) is 0 Å². The first-order valence-corrected chi connectivity index (χ1v) is 7.39. The van der Waals surface area contributed by atoms with Crippen LogP contribution in [0.4, 0.5) is 0 Å². The third-order valence-electron chi connectivity index (χ3n) is 2.91. The van der Waals surface area contributed by atoms with Gasteiger partial charge in [-0.25, -0.2) is 0 Å². The molecule has 1 aromatic carbocycles. The molecular weight excluding hydrogens is 238 g/mol. The minimum absolute atomic E-state index is 0.416. The lowest BCUT2D eigenvalue weighted by atomic mass is 10.2. The summed E-state index contributed by atoms with van der Waals surface area (Å²) >= 11 is 0. The molecule has 0 fully saturated rings. The molecular formula is C16H27NO2. The van der Waals surface area contributed by atoms with Crippen LogP contribution in [0.1, 0.15) is 40.0 Å². The maximum absolute atomic E-state index is 5.91. The van der Waals surface area contributed by atoms with Gasteiger partial charge >= 0.3 is 0 Å². The molecule has 1 unspecified atom stereocenters.